The van der Waals surface area contributed by atoms with E-state index in [1.54, 1.807) is 19.0 Å². The number of carbonyl (C=O) groups excluding carboxylic acids is 2. The van der Waals surface area contributed by atoms with Crippen LogP contribution >= 0.6 is 0 Å². The van der Waals surface area contributed by atoms with Crippen LogP contribution in [0.2, 0.25) is 0 Å². The van der Waals surface area contributed by atoms with Gasteiger partial charge < -0.3 is 10.2 Å². The first-order chi connectivity index (χ1) is 13.5. The molecule has 3 rings (SSSR count). The molecule has 1 fully saturated rings. The number of nitrogens with one attached hydrogen (secondary N) is 1. The van der Waals surface area contributed by atoms with Gasteiger partial charge in [0.15, 0.2) is 0 Å². The SMILES string of the molecule is Cc1ccc(NC(=O)[C@@H](c2ccccc2)N2CCC(C(=O)N(C)C)CC2)cc1. The highest BCUT2D eigenvalue weighted by Crippen LogP contribution is 2.29. The molecule has 28 heavy (non-hydrogen) atoms. The second kappa shape index (κ2) is 9.02. The summed E-state index contributed by atoms with van der Waals surface area (Å²) in [6, 6.07) is 17.4. The van der Waals surface area contributed by atoms with Crippen LogP contribution in [0.25, 0.3) is 0 Å². The Kier molecular flexibility index (Phi) is 6.47. The van der Waals surface area contributed by atoms with E-state index in [0.717, 1.165) is 42.7 Å². The molecular formula is C23H29N3O2. The molecule has 1 aliphatic rings. The second-order valence-electron chi connectivity index (χ2n) is 7.71. The largest absolute Gasteiger partial charge is 0.349 e. The van der Waals surface area contributed by atoms with Gasteiger partial charge in [0, 0.05) is 25.7 Å². The molecule has 1 N–H and O–H groups in total. The Balaban J connectivity index is 1.76. The first kappa shape index (κ1) is 20.1. The summed E-state index contributed by atoms with van der Waals surface area (Å²) < 4.78 is 0. The molecule has 1 atom stereocenters. The van der Waals surface area contributed by atoms with Gasteiger partial charge in [-0.1, -0.05) is 48.0 Å². The summed E-state index contributed by atoms with van der Waals surface area (Å²) in [6.45, 7) is 3.48. The van der Waals surface area contributed by atoms with Crippen molar-refractivity contribution in [3.63, 3.8) is 0 Å². The molecular weight excluding hydrogens is 350 g/mol. The number of carbonyl (C=O) groups is 2. The van der Waals surface area contributed by atoms with E-state index in [-0.39, 0.29) is 23.8 Å². The molecule has 0 radical (unpaired) electrons. The van der Waals surface area contributed by atoms with Crippen molar-refractivity contribution in [1.82, 2.24) is 9.80 Å². The predicted molar refractivity (Wildman–Crippen MR) is 112 cm³/mol. The number of benzene rings is 2. The van der Waals surface area contributed by atoms with Crippen LogP contribution in [-0.2, 0) is 9.59 Å². The average molecular weight is 380 g/mol. The number of rotatable bonds is 5. The fourth-order valence-electron chi connectivity index (χ4n) is 3.78. The Labute approximate surface area is 167 Å². The highest BCUT2D eigenvalue weighted by molar-refractivity contribution is 5.95. The minimum absolute atomic E-state index is 0.0348. The van der Waals surface area contributed by atoms with Gasteiger partial charge in [0.25, 0.3) is 0 Å². The normalized spacial score (nSPS) is 16.4. The Morgan fingerprint density at radius 3 is 2.18 bits per heavy atom. The van der Waals surface area contributed by atoms with E-state index < -0.39 is 0 Å². The zero-order valence-electron chi connectivity index (χ0n) is 16.9. The zero-order chi connectivity index (χ0) is 20.1. The molecule has 5 heteroatoms. The number of aryl methyl sites for hydroxylation is 1. The van der Waals surface area contributed by atoms with Crippen molar-refractivity contribution in [2.45, 2.75) is 25.8 Å². The van der Waals surface area contributed by atoms with Crippen LogP contribution in [0.4, 0.5) is 5.69 Å². The summed E-state index contributed by atoms with van der Waals surface area (Å²) >= 11 is 0. The summed E-state index contributed by atoms with van der Waals surface area (Å²) in [7, 11) is 3.60. The molecule has 0 unspecified atom stereocenters. The average Bonchev–Trinajstić information content (AvgIpc) is 2.70. The summed E-state index contributed by atoms with van der Waals surface area (Å²) in [5.74, 6) is 0.190. The van der Waals surface area contributed by atoms with Crippen molar-refractivity contribution in [2.24, 2.45) is 5.92 Å². The molecule has 2 amide bonds. The van der Waals surface area contributed by atoms with Crippen molar-refractivity contribution < 1.29 is 9.59 Å². The molecule has 0 aromatic heterocycles. The van der Waals surface area contributed by atoms with E-state index in [0.29, 0.717) is 0 Å². The fraction of sp³-hybridized carbons (Fsp3) is 0.391. The number of amides is 2. The van der Waals surface area contributed by atoms with Gasteiger partial charge in [-0.2, -0.15) is 0 Å². The van der Waals surface area contributed by atoms with Crippen LogP contribution in [0.15, 0.2) is 54.6 Å². The standard InChI is InChI=1S/C23H29N3O2/c1-17-9-11-20(12-10-17)24-22(27)21(18-7-5-4-6-8-18)26-15-13-19(14-16-26)23(28)25(2)3/h4-12,19,21H,13-16H2,1-3H3,(H,24,27)/t21-/m1/s1. The minimum Gasteiger partial charge on any atom is -0.349 e. The number of nitrogens with zero attached hydrogens (tertiary/aromatic N) is 2. The molecule has 1 aliphatic heterocycles. The lowest BCUT2D eigenvalue weighted by Crippen LogP contribution is -2.44. The van der Waals surface area contributed by atoms with Crippen molar-refractivity contribution in [2.75, 3.05) is 32.5 Å². The third kappa shape index (κ3) is 4.78. The molecule has 0 bridgehead atoms. The molecule has 0 saturated carbocycles. The molecule has 2 aromatic carbocycles. The predicted octanol–water partition coefficient (Wildman–Crippen LogP) is 3.48. The van der Waals surface area contributed by atoms with Gasteiger partial charge in [0.1, 0.15) is 6.04 Å². The lowest BCUT2D eigenvalue weighted by molar-refractivity contribution is -0.135. The van der Waals surface area contributed by atoms with Crippen molar-refractivity contribution >= 4 is 17.5 Å². The number of anilines is 1. The maximum atomic E-state index is 13.2. The van der Waals surface area contributed by atoms with Gasteiger partial charge in [0.05, 0.1) is 0 Å². The Morgan fingerprint density at radius 2 is 1.61 bits per heavy atom. The molecule has 0 aliphatic carbocycles. The van der Waals surface area contributed by atoms with Crippen LogP contribution in [-0.4, -0.2) is 48.8 Å². The third-order valence-electron chi connectivity index (χ3n) is 5.37. The van der Waals surface area contributed by atoms with E-state index in [4.69, 9.17) is 0 Å². The molecule has 148 valence electrons. The number of hydrogen-bond donors (Lipinski definition) is 1. The van der Waals surface area contributed by atoms with Gasteiger partial charge in [-0.3, -0.25) is 14.5 Å². The summed E-state index contributed by atoms with van der Waals surface area (Å²) in [4.78, 5) is 29.3. The van der Waals surface area contributed by atoms with Gasteiger partial charge in [-0.15, -0.1) is 0 Å². The van der Waals surface area contributed by atoms with E-state index in [2.05, 4.69) is 10.2 Å². The molecule has 1 saturated heterocycles. The van der Waals surface area contributed by atoms with Crippen LogP contribution in [0.5, 0.6) is 0 Å². The van der Waals surface area contributed by atoms with E-state index in [9.17, 15) is 9.59 Å². The lowest BCUT2D eigenvalue weighted by atomic mass is 9.93. The van der Waals surface area contributed by atoms with Crippen LogP contribution in [0.3, 0.4) is 0 Å². The fourth-order valence-corrected chi connectivity index (χ4v) is 3.78. The topological polar surface area (TPSA) is 52.7 Å². The monoisotopic (exact) mass is 379 g/mol. The summed E-state index contributed by atoms with van der Waals surface area (Å²) in [6.07, 6.45) is 1.55. The van der Waals surface area contributed by atoms with Gasteiger partial charge in [-0.05, 0) is 50.6 Å². The molecule has 5 nitrogen and oxygen atoms in total. The maximum Gasteiger partial charge on any atom is 0.246 e. The van der Waals surface area contributed by atoms with E-state index >= 15 is 0 Å². The van der Waals surface area contributed by atoms with Crippen molar-refractivity contribution in [3.8, 4) is 0 Å². The van der Waals surface area contributed by atoms with Crippen molar-refractivity contribution in [3.05, 3.63) is 65.7 Å². The summed E-state index contributed by atoms with van der Waals surface area (Å²) in [5.41, 5.74) is 2.93. The van der Waals surface area contributed by atoms with E-state index in [1.807, 2.05) is 61.5 Å². The van der Waals surface area contributed by atoms with Gasteiger partial charge in [0.2, 0.25) is 11.8 Å². The smallest absolute Gasteiger partial charge is 0.246 e. The van der Waals surface area contributed by atoms with Crippen LogP contribution < -0.4 is 5.32 Å². The maximum absolute atomic E-state index is 13.2. The minimum atomic E-state index is -0.363. The molecule has 1 heterocycles. The highest BCUT2D eigenvalue weighted by atomic mass is 16.2. The number of hydrogen-bond acceptors (Lipinski definition) is 3. The quantitative estimate of drug-likeness (QED) is 0.865. The van der Waals surface area contributed by atoms with Crippen molar-refractivity contribution in [1.29, 1.82) is 0 Å². The number of piperidine rings is 1. The zero-order valence-corrected chi connectivity index (χ0v) is 16.9. The highest BCUT2D eigenvalue weighted by Gasteiger charge is 2.33. The first-order valence-corrected chi connectivity index (χ1v) is 9.83. The van der Waals surface area contributed by atoms with Gasteiger partial charge >= 0.3 is 0 Å². The first-order valence-electron chi connectivity index (χ1n) is 9.83. The van der Waals surface area contributed by atoms with Gasteiger partial charge in [-0.25, -0.2) is 0 Å². The lowest BCUT2D eigenvalue weighted by Gasteiger charge is -2.37. The Bertz CT molecular complexity index is 794. The summed E-state index contributed by atoms with van der Waals surface area (Å²) in [5, 5.41) is 3.06. The molecule has 2 aromatic rings. The Hall–Kier alpha value is -2.66. The second-order valence-corrected chi connectivity index (χ2v) is 7.71. The molecule has 0 spiro atoms. The van der Waals surface area contributed by atoms with Crippen LogP contribution in [0.1, 0.15) is 30.0 Å². The Morgan fingerprint density at radius 1 is 1.00 bits per heavy atom. The van der Waals surface area contributed by atoms with Crippen LogP contribution in [0, 0.1) is 12.8 Å². The number of likely N-dealkylation sites (tertiary alicyclic amines) is 1. The third-order valence-corrected chi connectivity index (χ3v) is 5.37. The van der Waals surface area contributed by atoms with E-state index in [1.165, 1.54) is 0 Å².